The van der Waals surface area contributed by atoms with Crippen LogP contribution >= 0.6 is 0 Å². The molecule has 0 bridgehead atoms. The fraction of sp³-hybridized carbons (Fsp3) is 0.462. The quantitative estimate of drug-likeness (QED) is 0.807. The summed E-state index contributed by atoms with van der Waals surface area (Å²) in [5, 5.41) is 11.5. The number of pyridine rings is 1. The SMILES string of the molecule is CC(C)N(CC(=O)O)C(=O)NCCc1ccccn1. The van der Waals surface area contributed by atoms with Gasteiger partial charge in [0.1, 0.15) is 6.54 Å². The summed E-state index contributed by atoms with van der Waals surface area (Å²) in [6.45, 7) is 3.69. The molecule has 1 aromatic heterocycles. The first-order valence-corrected chi connectivity index (χ1v) is 6.17. The zero-order valence-corrected chi connectivity index (χ0v) is 11.2. The molecule has 0 spiro atoms. The number of amides is 2. The second-order valence-corrected chi connectivity index (χ2v) is 4.42. The van der Waals surface area contributed by atoms with Crippen molar-refractivity contribution in [1.82, 2.24) is 15.2 Å². The van der Waals surface area contributed by atoms with Crippen molar-refractivity contribution < 1.29 is 14.7 Å². The zero-order valence-electron chi connectivity index (χ0n) is 11.2. The molecule has 0 radical (unpaired) electrons. The van der Waals surface area contributed by atoms with E-state index >= 15 is 0 Å². The lowest BCUT2D eigenvalue weighted by Crippen LogP contribution is -2.46. The molecule has 19 heavy (non-hydrogen) atoms. The van der Waals surface area contributed by atoms with E-state index in [1.807, 2.05) is 18.2 Å². The van der Waals surface area contributed by atoms with Crippen molar-refractivity contribution in [3.05, 3.63) is 30.1 Å². The van der Waals surface area contributed by atoms with Crippen LogP contribution < -0.4 is 5.32 Å². The van der Waals surface area contributed by atoms with Gasteiger partial charge in [-0.05, 0) is 26.0 Å². The van der Waals surface area contributed by atoms with Crippen LogP contribution in [0, 0.1) is 0 Å². The molecule has 0 aliphatic rings. The molecule has 0 unspecified atom stereocenters. The van der Waals surface area contributed by atoms with E-state index in [0.717, 1.165) is 5.69 Å². The molecule has 0 saturated heterocycles. The molecule has 1 aromatic rings. The number of carbonyl (C=O) groups is 2. The summed E-state index contributed by atoms with van der Waals surface area (Å²) in [6, 6.07) is 5.06. The summed E-state index contributed by atoms with van der Waals surface area (Å²) in [5.41, 5.74) is 0.886. The molecule has 1 heterocycles. The lowest BCUT2D eigenvalue weighted by Gasteiger charge is -2.25. The fourth-order valence-corrected chi connectivity index (χ4v) is 1.58. The summed E-state index contributed by atoms with van der Waals surface area (Å²) in [7, 11) is 0. The molecule has 0 atom stereocenters. The van der Waals surface area contributed by atoms with Crippen LogP contribution in [-0.2, 0) is 11.2 Å². The number of aliphatic carboxylic acids is 1. The van der Waals surface area contributed by atoms with Gasteiger partial charge in [0, 0.05) is 30.9 Å². The molecule has 2 N–H and O–H groups in total. The minimum atomic E-state index is -1.02. The number of carboxylic acid groups (broad SMARTS) is 1. The Morgan fingerprint density at radius 2 is 2.16 bits per heavy atom. The first-order chi connectivity index (χ1) is 9.00. The van der Waals surface area contributed by atoms with Gasteiger partial charge in [-0.15, -0.1) is 0 Å². The average Bonchev–Trinajstić information content (AvgIpc) is 2.36. The van der Waals surface area contributed by atoms with Crippen LogP contribution in [0.15, 0.2) is 24.4 Å². The Hall–Kier alpha value is -2.11. The van der Waals surface area contributed by atoms with E-state index in [-0.39, 0.29) is 18.6 Å². The Kier molecular flexibility index (Phi) is 5.78. The number of rotatable bonds is 6. The maximum atomic E-state index is 11.8. The van der Waals surface area contributed by atoms with Crippen molar-refractivity contribution in [2.45, 2.75) is 26.3 Å². The summed E-state index contributed by atoms with van der Waals surface area (Å²) >= 11 is 0. The molecular formula is C13H19N3O3. The van der Waals surface area contributed by atoms with Gasteiger partial charge in [0.2, 0.25) is 0 Å². The van der Waals surface area contributed by atoms with E-state index in [4.69, 9.17) is 5.11 Å². The Balaban J connectivity index is 2.42. The Morgan fingerprint density at radius 3 is 2.68 bits per heavy atom. The van der Waals surface area contributed by atoms with E-state index < -0.39 is 5.97 Å². The fourth-order valence-electron chi connectivity index (χ4n) is 1.58. The lowest BCUT2D eigenvalue weighted by molar-refractivity contribution is -0.138. The van der Waals surface area contributed by atoms with Crippen LogP contribution in [0.1, 0.15) is 19.5 Å². The van der Waals surface area contributed by atoms with Crippen molar-refractivity contribution in [3.63, 3.8) is 0 Å². The third kappa shape index (κ3) is 5.37. The molecule has 0 fully saturated rings. The molecule has 0 aliphatic heterocycles. The van der Waals surface area contributed by atoms with Gasteiger partial charge in [-0.25, -0.2) is 4.79 Å². The van der Waals surface area contributed by atoms with Crippen molar-refractivity contribution in [2.24, 2.45) is 0 Å². The summed E-state index contributed by atoms with van der Waals surface area (Å²) in [6.07, 6.45) is 2.31. The summed E-state index contributed by atoms with van der Waals surface area (Å²) in [4.78, 5) is 27.9. The number of nitrogens with one attached hydrogen (secondary N) is 1. The molecule has 2 amide bonds. The Morgan fingerprint density at radius 1 is 1.42 bits per heavy atom. The number of nitrogens with zero attached hydrogens (tertiary/aromatic N) is 2. The minimum Gasteiger partial charge on any atom is -0.480 e. The van der Waals surface area contributed by atoms with Crippen molar-refractivity contribution in [2.75, 3.05) is 13.1 Å². The third-order valence-electron chi connectivity index (χ3n) is 2.57. The predicted molar refractivity (Wildman–Crippen MR) is 70.8 cm³/mol. The average molecular weight is 265 g/mol. The predicted octanol–water partition coefficient (Wildman–Crippen LogP) is 1.13. The molecule has 0 aliphatic carbocycles. The van der Waals surface area contributed by atoms with Crippen molar-refractivity contribution >= 4 is 12.0 Å². The normalized spacial score (nSPS) is 10.3. The van der Waals surface area contributed by atoms with Crippen molar-refractivity contribution in [1.29, 1.82) is 0 Å². The Bertz CT molecular complexity index is 420. The molecule has 1 rings (SSSR count). The molecular weight excluding hydrogens is 246 g/mol. The van der Waals surface area contributed by atoms with Crippen LogP contribution in [0.25, 0.3) is 0 Å². The number of urea groups is 1. The number of aromatic nitrogens is 1. The highest BCUT2D eigenvalue weighted by molar-refractivity contribution is 5.80. The van der Waals surface area contributed by atoms with E-state index in [9.17, 15) is 9.59 Å². The zero-order chi connectivity index (χ0) is 14.3. The topological polar surface area (TPSA) is 82.5 Å². The lowest BCUT2D eigenvalue weighted by atomic mass is 10.3. The van der Waals surface area contributed by atoms with Gasteiger partial charge in [0.15, 0.2) is 0 Å². The van der Waals surface area contributed by atoms with Crippen LogP contribution in [0.4, 0.5) is 4.79 Å². The highest BCUT2D eigenvalue weighted by Crippen LogP contribution is 1.99. The molecule has 104 valence electrons. The second-order valence-electron chi connectivity index (χ2n) is 4.42. The maximum absolute atomic E-state index is 11.8. The van der Waals surface area contributed by atoms with Crippen LogP contribution in [0.5, 0.6) is 0 Å². The van der Waals surface area contributed by atoms with Gasteiger partial charge in [-0.2, -0.15) is 0 Å². The first-order valence-electron chi connectivity index (χ1n) is 6.17. The largest absolute Gasteiger partial charge is 0.480 e. The van der Waals surface area contributed by atoms with Gasteiger partial charge >= 0.3 is 12.0 Å². The molecule has 0 saturated carbocycles. The van der Waals surface area contributed by atoms with E-state index in [0.29, 0.717) is 13.0 Å². The van der Waals surface area contributed by atoms with Crippen LogP contribution in [0.3, 0.4) is 0 Å². The van der Waals surface area contributed by atoms with Gasteiger partial charge in [0.05, 0.1) is 0 Å². The van der Waals surface area contributed by atoms with Gasteiger partial charge in [-0.1, -0.05) is 6.07 Å². The minimum absolute atomic E-state index is 0.161. The number of carboxylic acids is 1. The van der Waals surface area contributed by atoms with Gasteiger partial charge < -0.3 is 15.3 Å². The van der Waals surface area contributed by atoms with Gasteiger partial charge in [-0.3, -0.25) is 9.78 Å². The highest BCUT2D eigenvalue weighted by Gasteiger charge is 2.19. The standard InChI is InChI=1S/C13H19N3O3/c1-10(2)16(9-12(17)18)13(19)15-8-6-11-5-3-4-7-14-11/h3-5,7,10H,6,8-9H2,1-2H3,(H,15,19)(H,17,18). The van der Waals surface area contributed by atoms with Gasteiger partial charge in [0.25, 0.3) is 0 Å². The second kappa shape index (κ2) is 7.35. The maximum Gasteiger partial charge on any atom is 0.323 e. The van der Waals surface area contributed by atoms with Crippen LogP contribution in [0.2, 0.25) is 0 Å². The first kappa shape index (κ1) is 14.9. The highest BCUT2D eigenvalue weighted by atomic mass is 16.4. The van der Waals surface area contributed by atoms with E-state index in [1.54, 1.807) is 20.0 Å². The Labute approximate surface area is 112 Å². The molecule has 6 heteroatoms. The smallest absolute Gasteiger partial charge is 0.323 e. The third-order valence-corrected chi connectivity index (χ3v) is 2.57. The monoisotopic (exact) mass is 265 g/mol. The van der Waals surface area contributed by atoms with E-state index in [1.165, 1.54) is 4.90 Å². The molecule has 0 aromatic carbocycles. The van der Waals surface area contributed by atoms with Crippen LogP contribution in [-0.4, -0.2) is 46.1 Å². The van der Waals surface area contributed by atoms with E-state index in [2.05, 4.69) is 10.3 Å². The number of hydrogen-bond donors (Lipinski definition) is 2. The summed E-state index contributed by atoms with van der Waals surface area (Å²) in [5.74, 6) is -1.02. The summed E-state index contributed by atoms with van der Waals surface area (Å²) < 4.78 is 0. The van der Waals surface area contributed by atoms with Crippen molar-refractivity contribution in [3.8, 4) is 0 Å². The number of hydrogen-bond acceptors (Lipinski definition) is 3. The number of carbonyl (C=O) groups excluding carboxylic acids is 1. The molecule has 6 nitrogen and oxygen atoms in total.